The Kier molecular flexibility index (Phi) is 5.01. The summed E-state index contributed by atoms with van der Waals surface area (Å²) in [6.45, 7) is 4.86. The van der Waals surface area contributed by atoms with Crippen LogP contribution in [0.25, 0.3) is 0 Å². The Balaban J connectivity index is 1.69. The third-order valence-corrected chi connectivity index (χ3v) is 6.71. The number of hydrogen-bond acceptors (Lipinski definition) is 6. The summed E-state index contributed by atoms with van der Waals surface area (Å²) in [7, 11) is -1.61. The number of ether oxygens (including phenoxy) is 1. The van der Waals surface area contributed by atoms with E-state index in [2.05, 4.69) is 10.1 Å². The van der Waals surface area contributed by atoms with Gasteiger partial charge in [0.05, 0.1) is 18.6 Å². The highest BCUT2D eigenvalue weighted by molar-refractivity contribution is 7.88. The minimum atomic E-state index is -3.25. The summed E-state index contributed by atoms with van der Waals surface area (Å²) in [5.74, 6) is 0.819. The highest BCUT2D eigenvalue weighted by Crippen LogP contribution is 2.43. The van der Waals surface area contributed by atoms with Gasteiger partial charge in [-0.25, -0.2) is 8.42 Å². The molecular formula is C16H27N3O4S. The number of sulfonamides is 1. The van der Waals surface area contributed by atoms with Crippen LogP contribution in [0.2, 0.25) is 0 Å². The predicted octanol–water partition coefficient (Wildman–Crippen LogP) is 1.39. The molecule has 0 aromatic carbocycles. The standard InChI is InChI=1S/C16H27N3O4S/c1-13-10-14(17-23-13)11-18-8-6-16(7-9-18)5-4-15(12-22-2)19(16)24(3,20)21/h10,15H,4-9,11-12H2,1-3H3. The molecule has 136 valence electrons. The second-order valence-corrected chi connectivity index (χ2v) is 9.00. The van der Waals surface area contributed by atoms with E-state index in [1.165, 1.54) is 6.26 Å². The van der Waals surface area contributed by atoms with Crippen molar-refractivity contribution < 1.29 is 17.7 Å². The van der Waals surface area contributed by atoms with Crippen LogP contribution in [0.3, 0.4) is 0 Å². The molecule has 7 nitrogen and oxygen atoms in total. The van der Waals surface area contributed by atoms with E-state index in [-0.39, 0.29) is 11.6 Å². The van der Waals surface area contributed by atoms with Crippen LogP contribution in [-0.4, -0.2) is 67.4 Å². The van der Waals surface area contributed by atoms with E-state index in [9.17, 15) is 8.42 Å². The van der Waals surface area contributed by atoms with Crippen molar-refractivity contribution in [1.29, 1.82) is 0 Å². The van der Waals surface area contributed by atoms with Crippen molar-refractivity contribution >= 4 is 10.0 Å². The summed E-state index contributed by atoms with van der Waals surface area (Å²) in [6, 6.07) is 1.92. The first-order valence-corrected chi connectivity index (χ1v) is 10.3. The highest BCUT2D eigenvalue weighted by atomic mass is 32.2. The number of hydrogen-bond donors (Lipinski definition) is 0. The monoisotopic (exact) mass is 357 g/mol. The van der Waals surface area contributed by atoms with Crippen molar-refractivity contribution in [2.75, 3.05) is 33.1 Å². The van der Waals surface area contributed by atoms with Gasteiger partial charge < -0.3 is 9.26 Å². The molecule has 1 atom stereocenters. The highest BCUT2D eigenvalue weighted by Gasteiger charge is 2.51. The normalized spacial score (nSPS) is 25.5. The average Bonchev–Trinajstić information content (AvgIpc) is 3.06. The molecule has 8 heteroatoms. The Morgan fingerprint density at radius 2 is 2.08 bits per heavy atom. The fourth-order valence-corrected chi connectivity index (χ4v) is 6.02. The molecule has 2 fully saturated rings. The van der Waals surface area contributed by atoms with Crippen molar-refractivity contribution in [3.63, 3.8) is 0 Å². The number of aromatic nitrogens is 1. The van der Waals surface area contributed by atoms with Gasteiger partial charge in [0.25, 0.3) is 0 Å². The fourth-order valence-electron chi connectivity index (χ4n) is 4.34. The first kappa shape index (κ1) is 17.8. The van der Waals surface area contributed by atoms with E-state index in [0.29, 0.717) is 6.61 Å². The molecule has 2 aliphatic heterocycles. The Morgan fingerprint density at radius 3 is 2.62 bits per heavy atom. The summed E-state index contributed by atoms with van der Waals surface area (Å²) in [6.07, 6.45) is 4.84. The van der Waals surface area contributed by atoms with Gasteiger partial charge in [-0.05, 0) is 32.6 Å². The molecule has 0 N–H and O–H groups in total. The molecule has 3 heterocycles. The zero-order chi connectivity index (χ0) is 17.4. The molecule has 0 bridgehead atoms. The van der Waals surface area contributed by atoms with E-state index < -0.39 is 10.0 Å². The maximum atomic E-state index is 12.4. The predicted molar refractivity (Wildman–Crippen MR) is 90.1 cm³/mol. The van der Waals surface area contributed by atoms with Gasteiger partial charge in [-0.1, -0.05) is 5.16 Å². The molecule has 0 saturated carbocycles. The smallest absolute Gasteiger partial charge is 0.212 e. The lowest BCUT2D eigenvalue weighted by molar-refractivity contribution is 0.0650. The Hall–Kier alpha value is -0.960. The van der Waals surface area contributed by atoms with Crippen molar-refractivity contribution in [2.24, 2.45) is 0 Å². The topological polar surface area (TPSA) is 75.9 Å². The van der Waals surface area contributed by atoms with E-state index in [0.717, 1.165) is 56.8 Å². The largest absolute Gasteiger partial charge is 0.383 e. The minimum absolute atomic E-state index is 0.0326. The molecule has 1 aromatic rings. The molecular weight excluding hydrogens is 330 g/mol. The van der Waals surface area contributed by atoms with Crippen LogP contribution in [0, 0.1) is 6.92 Å². The lowest BCUT2D eigenvalue weighted by Crippen LogP contribution is -2.56. The van der Waals surface area contributed by atoms with E-state index in [1.54, 1.807) is 11.4 Å². The Morgan fingerprint density at radius 1 is 1.38 bits per heavy atom. The van der Waals surface area contributed by atoms with Gasteiger partial charge in [-0.15, -0.1) is 0 Å². The summed E-state index contributed by atoms with van der Waals surface area (Å²) >= 11 is 0. The third-order valence-electron chi connectivity index (χ3n) is 5.31. The average molecular weight is 357 g/mol. The van der Waals surface area contributed by atoms with Crippen molar-refractivity contribution in [2.45, 2.75) is 50.7 Å². The Bertz CT molecular complexity index is 665. The van der Waals surface area contributed by atoms with Crippen LogP contribution in [0.15, 0.2) is 10.6 Å². The molecule has 0 aliphatic carbocycles. The van der Waals surface area contributed by atoms with Gasteiger partial charge >= 0.3 is 0 Å². The van der Waals surface area contributed by atoms with Crippen LogP contribution >= 0.6 is 0 Å². The minimum Gasteiger partial charge on any atom is -0.383 e. The van der Waals surface area contributed by atoms with Crippen LogP contribution in [0.4, 0.5) is 0 Å². The van der Waals surface area contributed by atoms with Crippen molar-refractivity contribution in [3.05, 3.63) is 17.5 Å². The van der Waals surface area contributed by atoms with Crippen LogP contribution < -0.4 is 0 Å². The Labute approximate surface area is 144 Å². The number of aryl methyl sites for hydroxylation is 1. The van der Waals surface area contributed by atoms with E-state index in [1.807, 2.05) is 13.0 Å². The maximum absolute atomic E-state index is 12.4. The molecule has 3 rings (SSSR count). The fraction of sp³-hybridized carbons (Fsp3) is 0.812. The maximum Gasteiger partial charge on any atom is 0.212 e. The van der Waals surface area contributed by atoms with E-state index >= 15 is 0 Å². The van der Waals surface area contributed by atoms with Crippen LogP contribution in [-0.2, 0) is 21.3 Å². The zero-order valence-corrected chi connectivity index (χ0v) is 15.5. The van der Waals surface area contributed by atoms with Gasteiger partial charge in [-0.2, -0.15) is 4.31 Å². The third kappa shape index (κ3) is 3.51. The first-order valence-electron chi connectivity index (χ1n) is 8.47. The van der Waals surface area contributed by atoms with Gasteiger partial charge in [0, 0.05) is 44.4 Å². The second-order valence-electron chi connectivity index (χ2n) is 7.14. The van der Waals surface area contributed by atoms with Crippen LogP contribution in [0.1, 0.15) is 37.1 Å². The zero-order valence-electron chi connectivity index (χ0n) is 14.7. The van der Waals surface area contributed by atoms with Gasteiger partial charge in [-0.3, -0.25) is 4.90 Å². The van der Waals surface area contributed by atoms with Gasteiger partial charge in [0.2, 0.25) is 10.0 Å². The molecule has 24 heavy (non-hydrogen) atoms. The summed E-state index contributed by atoms with van der Waals surface area (Å²) in [5, 5.41) is 4.05. The number of piperidine rings is 1. The number of likely N-dealkylation sites (tertiary alicyclic amines) is 1. The number of nitrogens with zero attached hydrogens (tertiary/aromatic N) is 3. The van der Waals surface area contributed by atoms with Crippen LogP contribution in [0.5, 0.6) is 0 Å². The molecule has 0 radical (unpaired) electrons. The van der Waals surface area contributed by atoms with E-state index in [4.69, 9.17) is 9.26 Å². The quantitative estimate of drug-likeness (QED) is 0.793. The molecule has 2 saturated heterocycles. The molecule has 1 aromatic heterocycles. The SMILES string of the molecule is COCC1CCC2(CCN(Cc3cc(C)on3)CC2)N1S(C)(=O)=O. The van der Waals surface area contributed by atoms with Gasteiger partial charge in [0.1, 0.15) is 5.76 Å². The lowest BCUT2D eigenvalue weighted by Gasteiger charge is -2.45. The first-order chi connectivity index (χ1) is 11.3. The summed E-state index contributed by atoms with van der Waals surface area (Å²) in [5.41, 5.74) is 0.694. The summed E-state index contributed by atoms with van der Waals surface area (Å²) < 4.78 is 36.9. The molecule has 0 amide bonds. The number of methoxy groups -OCH3 is 1. The molecule has 2 aliphatic rings. The molecule has 1 unspecified atom stereocenters. The van der Waals surface area contributed by atoms with Gasteiger partial charge in [0.15, 0.2) is 0 Å². The van der Waals surface area contributed by atoms with Crippen molar-refractivity contribution in [1.82, 2.24) is 14.4 Å². The van der Waals surface area contributed by atoms with Crippen molar-refractivity contribution in [3.8, 4) is 0 Å². The lowest BCUT2D eigenvalue weighted by atomic mass is 9.86. The molecule has 1 spiro atoms. The number of rotatable bonds is 5. The summed E-state index contributed by atoms with van der Waals surface area (Å²) in [4.78, 5) is 2.33. The second kappa shape index (κ2) is 6.74.